The van der Waals surface area contributed by atoms with Crippen LogP contribution in [0.3, 0.4) is 0 Å². The number of nitrogens with zero attached hydrogens (tertiary/aromatic N) is 1. The first kappa shape index (κ1) is 16.0. The molecule has 2 aromatic heterocycles. The van der Waals surface area contributed by atoms with E-state index in [0.29, 0.717) is 19.5 Å². The molecule has 2 aromatic rings. The van der Waals surface area contributed by atoms with Crippen molar-refractivity contribution in [3.63, 3.8) is 0 Å². The molecule has 0 bridgehead atoms. The Morgan fingerprint density at radius 2 is 2.14 bits per heavy atom. The molecule has 0 saturated heterocycles. The lowest BCUT2D eigenvalue weighted by molar-refractivity contribution is -0.118. The van der Waals surface area contributed by atoms with Crippen LogP contribution in [0.2, 0.25) is 0 Å². The van der Waals surface area contributed by atoms with Gasteiger partial charge in [0.2, 0.25) is 5.91 Å². The fraction of sp³-hybridized carbons (Fsp3) is 0.182. The number of hydrogen-bond acceptors (Lipinski definition) is 3. The fourth-order valence-corrected chi connectivity index (χ4v) is 3.13. The Morgan fingerprint density at radius 1 is 1.48 bits per heavy atom. The lowest BCUT2D eigenvalue weighted by Gasteiger charge is -2.19. The van der Waals surface area contributed by atoms with Crippen LogP contribution >= 0.6 is 44.1 Å². The van der Waals surface area contributed by atoms with Gasteiger partial charge in [0.1, 0.15) is 10.3 Å². The predicted molar refractivity (Wildman–Crippen MR) is 84.7 cm³/mol. The smallest absolute Gasteiger partial charge is 0.352 e. The lowest BCUT2D eigenvalue weighted by atomic mass is 10.1. The van der Waals surface area contributed by atoms with Crippen molar-refractivity contribution in [2.75, 3.05) is 0 Å². The van der Waals surface area contributed by atoms with Gasteiger partial charge in [0.15, 0.2) is 4.77 Å². The van der Waals surface area contributed by atoms with Crippen LogP contribution in [-0.2, 0) is 4.79 Å². The third-order valence-corrected chi connectivity index (χ3v) is 5.00. The van der Waals surface area contributed by atoms with Gasteiger partial charge in [-0.25, -0.2) is 4.79 Å². The van der Waals surface area contributed by atoms with Gasteiger partial charge in [0, 0.05) is 6.20 Å². The van der Waals surface area contributed by atoms with E-state index in [9.17, 15) is 14.7 Å². The molecule has 0 fully saturated rings. The highest BCUT2D eigenvalue weighted by atomic mass is 79.9. The molecule has 0 spiro atoms. The summed E-state index contributed by atoms with van der Waals surface area (Å²) in [6.45, 7) is 0. The molecule has 0 aromatic carbocycles. The lowest BCUT2D eigenvalue weighted by Crippen LogP contribution is -2.23. The summed E-state index contributed by atoms with van der Waals surface area (Å²) in [5.74, 6) is -1.68. The summed E-state index contributed by atoms with van der Waals surface area (Å²) in [5, 5.41) is 9.32. The number of halogens is 2. The largest absolute Gasteiger partial charge is 0.477 e. The SMILES string of the molecule is NC(=O)CC(c1c[nH]c(=S)[nH]1)n1c(C(=O)O)cc(Br)c1Br. The maximum absolute atomic E-state index is 11.4. The highest BCUT2D eigenvalue weighted by molar-refractivity contribution is 9.13. The van der Waals surface area contributed by atoms with Gasteiger partial charge in [-0.1, -0.05) is 0 Å². The van der Waals surface area contributed by atoms with Gasteiger partial charge >= 0.3 is 5.97 Å². The van der Waals surface area contributed by atoms with E-state index in [2.05, 4.69) is 41.8 Å². The minimum Gasteiger partial charge on any atom is -0.477 e. The summed E-state index contributed by atoms with van der Waals surface area (Å²) in [4.78, 5) is 28.4. The second kappa shape index (κ2) is 6.16. The van der Waals surface area contributed by atoms with Crippen molar-refractivity contribution in [3.05, 3.63) is 37.5 Å². The number of rotatable bonds is 5. The van der Waals surface area contributed by atoms with Crippen molar-refractivity contribution in [2.45, 2.75) is 12.5 Å². The quantitative estimate of drug-likeness (QED) is 0.537. The van der Waals surface area contributed by atoms with E-state index < -0.39 is 17.9 Å². The summed E-state index contributed by atoms with van der Waals surface area (Å²) in [6, 6.07) is 0.823. The number of imidazole rings is 1. The summed E-state index contributed by atoms with van der Waals surface area (Å²) < 4.78 is 2.89. The molecule has 112 valence electrons. The number of carboxylic acids is 1. The minimum absolute atomic E-state index is 0.0144. The molecule has 5 N–H and O–H groups in total. The Hall–Kier alpha value is -1.39. The first-order valence-electron chi connectivity index (χ1n) is 5.66. The van der Waals surface area contributed by atoms with Crippen molar-refractivity contribution in [2.24, 2.45) is 5.73 Å². The minimum atomic E-state index is -1.12. The average Bonchev–Trinajstić information content (AvgIpc) is 2.93. The highest BCUT2D eigenvalue weighted by Crippen LogP contribution is 2.34. The molecular weight excluding hydrogens is 428 g/mol. The van der Waals surface area contributed by atoms with Crippen LogP contribution in [-0.4, -0.2) is 31.5 Å². The number of carbonyl (C=O) groups is 2. The highest BCUT2D eigenvalue weighted by Gasteiger charge is 2.26. The molecule has 7 nitrogen and oxygen atoms in total. The van der Waals surface area contributed by atoms with Gasteiger partial charge in [0.05, 0.1) is 22.6 Å². The number of nitrogens with two attached hydrogens (primary N) is 1. The Labute approximate surface area is 140 Å². The van der Waals surface area contributed by atoms with E-state index >= 15 is 0 Å². The number of primary amides is 1. The van der Waals surface area contributed by atoms with Crippen LogP contribution in [0.5, 0.6) is 0 Å². The summed E-state index contributed by atoms with van der Waals surface area (Å²) in [7, 11) is 0. The Bertz CT molecular complexity index is 764. The van der Waals surface area contributed by atoms with Gasteiger partial charge in [-0.05, 0) is 50.1 Å². The second-order valence-corrected chi connectivity index (χ2v) is 6.24. The molecule has 0 aliphatic heterocycles. The van der Waals surface area contributed by atoms with Gasteiger partial charge in [-0.2, -0.15) is 0 Å². The van der Waals surface area contributed by atoms with Gasteiger partial charge in [0.25, 0.3) is 0 Å². The zero-order chi connectivity index (χ0) is 15.7. The monoisotopic (exact) mass is 436 g/mol. The van der Waals surface area contributed by atoms with E-state index in [1.54, 1.807) is 6.20 Å². The Kier molecular flexibility index (Phi) is 4.69. The number of H-pyrrole nitrogens is 2. The van der Waals surface area contributed by atoms with E-state index in [1.807, 2.05) is 0 Å². The molecule has 2 rings (SSSR count). The zero-order valence-corrected chi connectivity index (χ0v) is 14.4. The number of aromatic nitrogens is 3. The van der Waals surface area contributed by atoms with Gasteiger partial charge in [-0.15, -0.1) is 0 Å². The maximum Gasteiger partial charge on any atom is 0.352 e. The molecule has 1 unspecified atom stereocenters. The van der Waals surface area contributed by atoms with Crippen molar-refractivity contribution in [1.82, 2.24) is 14.5 Å². The van der Waals surface area contributed by atoms with Crippen molar-refractivity contribution in [3.8, 4) is 0 Å². The van der Waals surface area contributed by atoms with E-state index in [1.165, 1.54) is 10.6 Å². The number of aromatic amines is 2. The average molecular weight is 438 g/mol. The van der Waals surface area contributed by atoms with Crippen LogP contribution in [0.4, 0.5) is 0 Å². The molecule has 21 heavy (non-hydrogen) atoms. The van der Waals surface area contributed by atoms with E-state index in [0.717, 1.165) is 0 Å². The summed E-state index contributed by atoms with van der Waals surface area (Å²) in [5.41, 5.74) is 5.86. The summed E-state index contributed by atoms with van der Waals surface area (Å²) in [6.07, 6.45) is 1.51. The number of amides is 1. The molecule has 1 amide bonds. The topological polar surface area (TPSA) is 117 Å². The third kappa shape index (κ3) is 3.27. The van der Waals surface area contributed by atoms with Crippen molar-refractivity contribution < 1.29 is 14.7 Å². The zero-order valence-electron chi connectivity index (χ0n) is 10.4. The van der Waals surface area contributed by atoms with E-state index in [-0.39, 0.29) is 12.1 Å². The number of carbonyl (C=O) groups excluding carboxylic acids is 1. The molecule has 10 heteroatoms. The van der Waals surface area contributed by atoms with Crippen LogP contribution in [0.15, 0.2) is 21.3 Å². The number of nitrogens with one attached hydrogen (secondary N) is 2. The first-order valence-corrected chi connectivity index (χ1v) is 7.66. The van der Waals surface area contributed by atoms with Crippen LogP contribution in [0.25, 0.3) is 0 Å². The van der Waals surface area contributed by atoms with Gasteiger partial charge < -0.3 is 25.4 Å². The molecule has 0 saturated carbocycles. The molecular formula is C11H10Br2N4O3S. The van der Waals surface area contributed by atoms with E-state index in [4.69, 9.17) is 18.0 Å². The Morgan fingerprint density at radius 3 is 2.62 bits per heavy atom. The van der Waals surface area contributed by atoms with Crippen LogP contribution in [0, 0.1) is 4.77 Å². The number of hydrogen-bond donors (Lipinski definition) is 4. The standard InChI is InChI=1S/C11H10Br2N4O3S/c12-4-1-7(10(19)20)17(9(4)13)6(2-8(14)18)5-3-15-11(21)16-5/h1,3,6H,2H2,(H2,14,18)(H,19,20)(H2,15,16,21). The van der Waals surface area contributed by atoms with Crippen molar-refractivity contribution in [1.29, 1.82) is 0 Å². The van der Waals surface area contributed by atoms with Crippen LogP contribution in [0.1, 0.15) is 28.6 Å². The van der Waals surface area contributed by atoms with Crippen LogP contribution < -0.4 is 5.73 Å². The maximum atomic E-state index is 11.4. The molecule has 0 radical (unpaired) electrons. The van der Waals surface area contributed by atoms with Gasteiger partial charge in [-0.3, -0.25) is 4.79 Å². The predicted octanol–water partition coefficient (Wildman–Crippen LogP) is 2.56. The van der Waals surface area contributed by atoms with Crippen molar-refractivity contribution >= 4 is 56.0 Å². The first-order chi connectivity index (χ1) is 9.81. The number of carboxylic acid groups (broad SMARTS) is 1. The summed E-state index contributed by atoms with van der Waals surface area (Å²) >= 11 is 11.5. The molecule has 2 heterocycles. The Balaban J connectivity index is 2.64. The number of aromatic carboxylic acids is 1. The third-order valence-electron chi connectivity index (χ3n) is 2.83. The molecule has 0 aliphatic carbocycles. The molecule has 1 atom stereocenters. The second-order valence-electron chi connectivity index (χ2n) is 4.23. The normalized spacial score (nSPS) is 12.3. The molecule has 0 aliphatic rings. The fourth-order valence-electron chi connectivity index (χ4n) is 2.00.